The van der Waals surface area contributed by atoms with Crippen LogP contribution in [-0.2, 0) is 23.9 Å². The van der Waals surface area contributed by atoms with E-state index in [2.05, 4.69) is 78.8 Å². The van der Waals surface area contributed by atoms with Crippen molar-refractivity contribution in [1.82, 2.24) is 0 Å². The lowest BCUT2D eigenvalue weighted by atomic mass is 9.78. The number of aliphatic carboxylic acids is 1. The van der Waals surface area contributed by atoms with Crippen LogP contribution in [0.5, 0.6) is 0 Å². The van der Waals surface area contributed by atoms with E-state index in [-0.39, 0.29) is 32.0 Å². The summed E-state index contributed by atoms with van der Waals surface area (Å²) in [5.41, 5.74) is 0.733. The summed E-state index contributed by atoms with van der Waals surface area (Å²) in [6.45, 7) is 24.8. The molecule has 0 bridgehead atoms. The zero-order valence-corrected chi connectivity index (χ0v) is 27.6. The summed E-state index contributed by atoms with van der Waals surface area (Å²) in [4.78, 5) is 35.3. The molecule has 1 rings (SSSR count). The maximum absolute atomic E-state index is 12.1. The first kappa shape index (κ1) is 39.8. The largest absolute Gasteiger partial charge is 0.481 e. The van der Waals surface area contributed by atoms with Gasteiger partial charge in [0.1, 0.15) is 0 Å². The van der Waals surface area contributed by atoms with Crippen molar-refractivity contribution in [2.24, 2.45) is 28.6 Å². The monoisotopic (exact) mass is 564 g/mol. The van der Waals surface area contributed by atoms with Gasteiger partial charge in [-0.3, -0.25) is 14.4 Å². The van der Waals surface area contributed by atoms with E-state index in [1.54, 1.807) is 27.7 Å². The highest BCUT2D eigenvalue weighted by atomic mass is 16.5. The van der Waals surface area contributed by atoms with Gasteiger partial charge in [-0.1, -0.05) is 98.6 Å². The van der Waals surface area contributed by atoms with Gasteiger partial charge in [0.25, 0.3) is 0 Å². The van der Waals surface area contributed by atoms with Crippen molar-refractivity contribution in [2.45, 2.75) is 121 Å². The fourth-order valence-electron chi connectivity index (χ4n) is 3.79. The van der Waals surface area contributed by atoms with Crippen LogP contribution in [0, 0.1) is 28.6 Å². The molecule has 0 heterocycles. The van der Waals surface area contributed by atoms with Crippen LogP contribution < -0.4 is 0 Å². The molecule has 0 amide bonds. The van der Waals surface area contributed by atoms with Gasteiger partial charge in [-0.25, -0.2) is 0 Å². The molecule has 0 aromatic heterocycles. The molecule has 6 nitrogen and oxygen atoms in total. The molecule has 0 aliphatic heterocycles. The topological polar surface area (TPSA) is 89.9 Å². The number of carboxylic acids is 1. The van der Waals surface area contributed by atoms with Crippen LogP contribution in [0.2, 0.25) is 0 Å². The van der Waals surface area contributed by atoms with E-state index in [4.69, 9.17) is 9.47 Å². The molecule has 0 saturated carbocycles. The molecule has 232 valence electrons. The normalized spacial score (nSPS) is 13.5. The van der Waals surface area contributed by atoms with Crippen LogP contribution in [0.1, 0.15) is 127 Å². The number of ether oxygens (including phenoxy) is 2. The highest BCUT2D eigenvalue weighted by molar-refractivity contribution is 5.78. The molecule has 3 unspecified atom stereocenters. The van der Waals surface area contributed by atoms with Crippen molar-refractivity contribution in [2.75, 3.05) is 13.2 Å². The van der Waals surface area contributed by atoms with E-state index in [0.29, 0.717) is 17.8 Å². The smallest absolute Gasteiger partial charge is 0.309 e. The second-order valence-electron chi connectivity index (χ2n) is 12.4. The van der Waals surface area contributed by atoms with E-state index in [1.807, 2.05) is 6.92 Å². The lowest BCUT2D eigenvalue weighted by Crippen LogP contribution is -2.33. The third-order valence-electron chi connectivity index (χ3n) is 7.63. The van der Waals surface area contributed by atoms with Gasteiger partial charge in [0, 0.05) is 0 Å². The lowest BCUT2D eigenvalue weighted by molar-refractivity contribution is -0.155. The zero-order chi connectivity index (χ0) is 31.5. The molecule has 0 spiro atoms. The van der Waals surface area contributed by atoms with Crippen LogP contribution in [0.4, 0.5) is 0 Å². The SMILES string of the molecule is CC(c1ccccc1)C(C)(C)C.CCC(C)CC.CCOC(=O)C(CC)CC(CC(C)(C)C(=O)O)C(=O)OCC. The van der Waals surface area contributed by atoms with E-state index in [1.165, 1.54) is 18.4 Å². The van der Waals surface area contributed by atoms with Crippen LogP contribution in [0.25, 0.3) is 0 Å². The van der Waals surface area contributed by atoms with Gasteiger partial charge in [0.05, 0.1) is 30.5 Å². The van der Waals surface area contributed by atoms with Crippen molar-refractivity contribution in [3.63, 3.8) is 0 Å². The van der Waals surface area contributed by atoms with Gasteiger partial charge in [-0.15, -0.1) is 0 Å². The van der Waals surface area contributed by atoms with Gasteiger partial charge in [0.15, 0.2) is 0 Å². The molecule has 0 aliphatic rings. The summed E-state index contributed by atoms with van der Waals surface area (Å²) in [6, 6.07) is 10.7. The molecule has 6 heteroatoms. The number of carbonyl (C=O) groups excluding carboxylic acids is 2. The quantitative estimate of drug-likeness (QED) is 0.241. The minimum Gasteiger partial charge on any atom is -0.481 e. The van der Waals surface area contributed by atoms with E-state index in [9.17, 15) is 19.5 Å². The Kier molecular flexibility index (Phi) is 20.4. The number of hydrogen-bond donors (Lipinski definition) is 1. The fraction of sp³-hybridized carbons (Fsp3) is 0.735. The zero-order valence-electron chi connectivity index (χ0n) is 27.6. The van der Waals surface area contributed by atoms with Crippen molar-refractivity contribution in [3.8, 4) is 0 Å². The maximum Gasteiger partial charge on any atom is 0.309 e. The Bertz CT molecular complexity index is 821. The molecule has 0 fully saturated rings. The van der Waals surface area contributed by atoms with Gasteiger partial charge in [0.2, 0.25) is 0 Å². The molecule has 0 saturated heterocycles. The summed E-state index contributed by atoms with van der Waals surface area (Å²) < 4.78 is 10.0. The lowest BCUT2D eigenvalue weighted by Gasteiger charge is -2.27. The first-order chi connectivity index (χ1) is 18.5. The van der Waals surface area contributed by atoms with Gasteiger partial charge >= 0.3 is 17.9 Å². The van der Waals surface area contributed by atoms with Gasteiger partial charge in [-0.05, 0) is 69.8 Å². The first-order valence-corrected chi connectivity index (χ1v) is 15.1. The highest BCUT2D eigenvalue weighted by Crippen LogP contribution is 2.34. The van der Waals surface area contributed by atoms with Gasteiger partial charge in [-0.2, -0.15) is 0 Å². The number of benzene rings is 1. The van der Waals surface area contributed by atoms with Crippen LogP contribution in [-0.4, -0.2) is 36.2 Å². The predicted molar refractivity (Wildman–Crippen MR) is 165 cm³/mol. The van der Waals surface area contributed by atoms with Gasteiger partial charge < -0.3 is 14.6 Å². The van der Waals surface area contributed by atoms with E-state index >= 15 is 0 Å². The van der Waals surface area contributed by atoms with Crippen molar-refractivity contribution in [3.05, 3.63) is 35.9 Å². The Balaban J connectivity index is 0. The standard InChI is InChI=1S/C16H28O6.C12H18.C6H14/c1-6-11(13(17)21-7-2)9-12(14(18)22-8-3)10-16(4,5)15(19)20;1-10(12(2,3)4)11-8-6-5-7-9-11;1-4-6(3)5-2/h11-12H,6-10H2,1-5H3,(H,19,20);5-10H,1-4H3;6H,4-5H2,1-3H3. The Morgan fingerprint density at radius 1 is 0.750 bits per heavy atom. The Morgan fingerprint density at radius 2 is 1.20 bits per heavy atom. The molecule has 1 aromatic carbocycles. The maximum atomic E-state index is 12.1. The fourth-order valence-corrected chi connectivity index (χ4v) is 3.79. The number of hydrogen-bond acceptors (Lipinski definition) is 5. The minimum atomic E-state index is -1.07. The number of carboxylic acid groups (broad SMARTS) is 1. The first-order valence-electron chi connectivity index (χ1n) is 15.1. The van der Waals surface area contributed by atoms with Crippen molar-refractivity contribution >= 4 is 17.9 Å². The molecular formula is C34H60O6. The van der Waals surface area contributed by atoms with E-state index in [0.717, 1.165) is 5.92 Å². The number of carbonyl (C=O) groups is 3. The molecule has 0 aliphatic carbocycles. The minimum absolute atomic E-state index is 0.122. The summed E-state index contributed by atoms with van der Waals surface area (Å²) in [5.74, 6) is -1.30. The predicted octanol–water partition coefficient (Wildman–Crippen LogP) is 8.92. The van der Waals surface area contributed by atoms with Crippen LogP contribution in [0.3, 0.4) is 0 Å². The summed E-state index contributed by atoms with van der Waals surface area (Å²) in [6.07, 6.45) is 3.55. The van der Waals surface area contributed by atoms with Crippen molar-refractivity contribution < 1.29 is 29.0 Å². The number of esters is 2. The molecule has 1 aromatic rings. The summed E-state index contributed by atoms with van der Waals surface area (Å²) >= 11 is 0. The molecular weight excluding hydrogens is 504 g/mol. The van der Waals surface area contributed by atoms with E-state index < -0.39 is 29.2 Å². The highest BCUT2D eigenvalue weighted by Gasteiger charge is 2.36. The third-order valence-corrected chi connectivity index (χ3v) is 7.63. The second-order valence-corrected chi connectivity index (χ2v) is 12.4. The summed E-state index contributed by atoms with van der Waals surface area (Å²) in [5, 5.41) is 9.24. The van der Waals surface area contributed by atoms with Crippen molar-refractivity contribution in [1.29, 1.82) is 0 Å². The average molecular weight is 565 g/mol. The van der Waals surface area contributed by atoms with Crippen LogP contribution in [0.15, 0.2) is 30.3 Å². The molecule has 40 heavy (non-hydrogen) atoms. The third kappa shape index (κ3) is 16.7. The average Bonchev–Trinajstić information content (AvgIpc) is 2.90. The second kappa shape index (κ2) is 20.5. The Morgan fingerprint density at radius 3 is 1.52 bits per heavy atom. The molecule has 0 radical (unpaired) electrons. The Hall–Kier alpha value is -2.37. The number of rotatable bonds is 13. The Labute approximate surface area is 245 Å². The van der Waals surface area contributed by atoms with Crippen LogP contribution >= 0.6 is 0 Å². The summed E-state index contributed by atoms with van der Waals surface area (Å²) in [7, 11) is 0. The molecule has 1 N–H and O–H groups in total. The molecule has 3 atom stereocenters.